The number of nitrogens with one attached hydrogen (secondary N) is 2. The Hall–Kier alpha value is -4.20. The number of fused-ring (bicyclic) bond motifs is 2. The minimum atomic E-state index is 0.0960. The number of ether oxygens (including phenoxy) is 1. The van der Waals surface area contributed by atoms with E-state index in [2.05, 4.69) is 26.3 Å². The first-order valence-corrected chi connectivity index (χ1v) is 11.5. The summed E-state index contributed by atoms with van der Waals surface area (Å²) >= 11 is 0. The monoisotopic (exact) mass is 454 g/mol. The van der Waals surface area contributed by atoms with Crippen molar-refractivity contribution >= 4 is 22.6 Å². The first-order valence-electron chi connectivity index (χ1n) is 11.5. The third kappa shape index (κ3) is 4.61. The van der Waals surface area contributed by atoms with Crippen LogP contribution in [-0.2, 0) is 4.79 Å². The molecule has 8 heteroatoms. The van der Waals surface area contributed by atoms with E-state index in [1.165, 1.54) is 0 Å². The van der Waals surface area contributed by atoms with E-state index < -0.39 is 0 Å². The van der Waals surface area contributed by atoms with Gasteiger partial charge in [-0.05, 0) is 61.4 Å². The van der Waals surface area contributed by atoms with E-state index in [9.17, 15) is 4.79 Å². The fraction of sp³-hybridized carbons (Fsp3) is 0.231. The second-order valence-electron chi connectivity index (χ2n) is 8.10. The number of aromatic nitrogens is 5. The summed E-state index contributed by atoms with van der Waals surface area (Å²) in [7, 11) is 0. The van der Waals surface area contributed by atoms with Gasteiger partial charge in [-0.25, -0.2) is 14.5 Å². The van der Waals surface area contributed by atoms with Gasteiger partial charge in [-0.2, -0.15) is 5.10 Å². The van der Waals surface area contributed by atoms with Crippen molar-refractivity contribution in [2.24, 2.45) is 0 Å². The van der Waals surface area contributed by atoms with E-state index in [0.717, 1.165) is 57.8 Å². The zero-order valence-corrected chi connectivity index (χ0v) is 19.0. The summed E-state index contributed by atoms with van der Waals surface area (Å²) in [5.74, 6) is 0.887. The highest BCUT2D eigenvalue weighted by molar-refractivity contribution is 5.81. The molecule has 2 N–H and O–H groups in total. The summed E-state index contributed by atoms with van der Waals surface area (Å²) in [6, 6.07) is 15.9. The van der Waals surface area contributed by atoms with Crippen LogP contribution in [0.4, 0.5) is 0 Å². The number of benzene rings is 1. The van der Waals surface area contributed by atoms with Crippen molar-refractivity contribution in [3.8, 4) is 28.3 Å². The van der Waals surface area contributed by atoms with Crippen molar-refractivity contribution in [1.29, 1.82) is 0 Å². The SMILES string of the molecule is CCCC(=O)NCCCOc1ccc(-c2ccc3ncc(-c4cnc5[nH]ccc5c4)n3n2)cc1. The Balaban J connectivity index is 1.28. The number of imidazole rings is 1. The Bertz CT molecular complexity index is 1420. The number of hydrogen-bond donors (Lipinski definition) is 2. The number of nitrogens with zero attached hydrogens (tertiary/aromatic N) is 4. The smallest absolute Gasteiger partial charge is 0.219 e. The number of hydrogen-bond acceptors (Lipinski definition) is 5. The highest BCUT2D eigenvalue weighted by Crippen LogP contribution is 2.25. The molecule has 5 aromatic rings. The Morgan fingerprint density at radius 1 is 1.06 bits per heavy atom. The van der Waals surface area contributed by atoms with Crippen LogP contribution >= 0.6 is 0 Å². The average Bonchev–Trinajstić information content (AvgIpc) is 3.50. The van der Waals surface area contributed by atoms with E-state index in [0.29, 0.717) is 19.6 Å². The van der Waals surface area contributed by atoms with Crippen LogP contribution in [0.5, 0.6) is 5.75 Å². The molecule has 0 aliphatic carbocycles. The maximum Gasteiger partial charge on any atom is 0.219 e. The molecule has 0 unspecified atom stereocenters. The lowest BCUT2D eigenvalue weighted by molar-refractivity contribution is -0.121. The van der Waals surface area contributed by atoms with Gasteiger partial charge in [0.1, 0.15) is 11.4 Å². The Morgan fingerprint density at radius 2 is 1.94 bits per heavy atom. The molecule has 1 amide bonds. The first kappa shape index (κ1) is 21.6. The molecule has 0 aliphatic rings. The molecule has 0 bridgehead atoms. The minimum absolute atomic E-state index is 0.0960. The van der Waals surface area contributed by atoms with Gasteiger partial charge in [0.05, 0.1) is 24.2 Å². The van der Waals surface area contributed by atoms with Crippen LogP contribution in [0.3, 0.4) is 0 Å². The average molecular weight is 455 g/mol. The lowest BCUT2D eigenvalue weighted by atomic mass is 10.1. The van der Waals surface area contributed by atoms with E-state index >= 15 is 0 Å². The van der Waals surface area contributed by atoms with Gasteiger partial charge in [-0.1, -0.05) is 6.92 Å². The molecule has 0 spiro atoms. The Kier molecular flexibility index (Phi) is 6.20. The summed E-state index contributed by atoms with van der Waals surface area (Å²) in [5.41, 5.74) is 5.30. The lowest BCUT2D eigenvalue weighted by Gasteiger charge is -2.08. The zero-order chi connectivity index (χ0) is 23.3. The molecule has 4 aromatic heterocycles. The topological polar surface area (TPSA) is 97.2 Å². The maximum absolute atomic E-state index is 11.5. The predicted octanol–water partition coefficient (Wildman–Crippen LogP) is 4.62. The van der Waals surface area contributed by atoms with Crippen LogP contribution < -0.4 is 10.1 Å². The lowest BCUT2D eigenvalue weighted by Crippen LogP contribution is -2.24. The van der Waals surface area contributed by atoms with Crippen molar-refractivity contribution in [3.63, 3.8) is 0 Å². The maximum atomic E-state index is 11.5. The standard InChI is InChI=1S/C26H26N6O2/c1-2-4-25(33)27-12-3-14-34-21-7-5-18(6-8-21)22-9-10-24-29-17-23(32(24)31-22)20-15-19-11-13-28-26(19)30-16-20/h5-11,13,15-17H,2-4,12,14H2,1H3,(H,27,33)(H,28,30). The Labute approximate surface area is 197 Å². The number of carbonyl (C=O) groups is 1. The second kappa shape index (κ2) is 9.74. The summed E-state index contributed by atoms with van der Waals surface area (Å²) in [5, 5.41) is 8.78. The highest BCUT2D eigenvalue weighted by Gasteiger charge is 2.11. The molecule has 4 heterocycles. The van der Waals surface area contributed by atoms with Crippen LogP contribution in [0.15, 0.2) is 67.1 Å². The van der Waals surface area contributed by atoms with Gasteiger partial charge in [0.2, 0.25) is 5.91 Å². The normalized spacial score (nSPS) is 11.2. The van der Waals surface area contributed by atoms with Crippen LogP contribution in [0, 0.1) is 0 Å². The van der Waals surface area contributed by atoms with E-state index in [1.54, 1.807) is 0 Å². The van der Waals surface area contributed by atoms with Crippen LogP contribution in [-0.4, -0.2) is 43.6 Å². The molecular formula is C26H26N6O2. The van der Waals surface area contributed by atoms with Crippen molar-refractivity contribution in [2.75, 3.05) is 13.2 Å². The molecule has 172 valence electrons. The summed E-state index contributed by atoms with van der Waals surface area (Å²) in [4.78, 5) is 23.6. The molecule has 8 nitrogen and oxygen atoms in total. The Morgan fingerprint density at radius 3 is 2.79 bits per heavy atom. The predicted molar refractivity (Wildman–Crippen MR) is 132 cm³/mol. The molecule has 0 radical (unpaired) electrons. The summed E-state index contributed by atoms with van der Waals surface area (Å²) in [6.45, 7) is 3.17. The molecule has 5 rings (SSSR count). The highest BCUT2D eigenvalue weighted by atomic mass is 16.5. The summed E-state index contributed by atoms with van der Waals surface area (Å²) in [6.07, 6.45) is 7.73. The molecule has 0 aliphatic heterocycles. The van der Waals surface area contributed by atoms with Gasteiger partial charge in [-0.3, -0.25) is 4.79 Å². The number of amides is 1. The number of carbonyl (C=O) groups excluding carboxylic acids is 1. The van der Waals surface area contributed by atoms with Gasteiger partial charge in [0, 0.05) is 41.9 Å². The first-order chi connectivity index (χ1) is 16.7. The number of pyridine rings is 1. The fourth-order valence-electron chi connectivity index (χ4n) is 3.83. The molecule has 0 fully saturated rings. The quantitative estimate of drug-likeness (QED) is 0.317. The summed E-state index contributed by atoms with van der Waals surface area (Å²) < 4.78 is 7.65. The van der Waals surface area contributed by atoms with Crippen molar-refractivity contribution in [2.45, 2.75) is 26.2 Å². The number of aromatic amines is 1. The third-order valence-electron chi connectivity index (χ3n) is 5.60. The van der Waals surface area contributed by atoms with Gasteiger partial charge < -0.3 is 15.0 Å². The van der Waals surface area contributed by atoms with E-state index in [-0.39, 0.29) is 5.91 Å². The van der Waals surface area contributed by atoms with Crippen molar-refractivity contribution in [3.05, 3.63) is 67.1 Å². The molecule has 0 atom stereocenters. The fourth-order valence-corrected chi connectivity index (χ4v) is 3.83. The van der Waals surface area contributed by atoms with E-state index in [1.807, 2.05) is 72.5 Å². The molecule has 34 heavy (non-hydrogen) atoms. The molecule has 0 saturated carbocycles. The second-order valence-corrected chi connectivity index (χ2v) is 8.10. The van der Waals surface area contributed by atoms with Crippen molar-refractivity contribution in [1.82, 2.24) is 29.9 Å². The van der Waals surface area contributed by atoms with Crippen LogP contribution in [0.1, 0.15) is 26.2 Å². The number of H-pyrrole nitrogens is 1. The third-order valence-corrected chi connectivity index (χ3v) is 5.60. The van der Waals surface area contributed by atoms with Crippen LogP contribution in [0.2, 0.25) is 0 Å². The largest absolute Gasteiger partial charge is 0.494 e. The number of rotatable bonds is 9. The van der Waals surface area contributed by atoms with Gasteiger partial charge in [0.25, 0.3) is 0 Å². The molecule has 1 aromatic carbocycles. The van der Waals surface area contributed by atoms with Gasteiger partial charge in [-0.15, -0.1) is 0 Å². The molecule has 0 saturated heterocycles. The zero-order valence-electron chi connectivity index (χ0n) is 19.0. The van der Waals surface area contributed by atoms with E-state index in [4.69, 9.17) is 9.84 Å². The van der Waals surface area contributed by atoms with Gasteiger partial charge >= 0.3 is 0 Å². The minimum Gasteiger partial charge on any atom is -0.494 e. The van der Waals surface area contributed by atoms with Gasteiger partial charge in [0.15, 0.2) is 5.65 Å². The van der Waals surface area contributed by atoms with Crippen molar-refractivity contribution < 1.29 is 9.53 Å². The van der Waals surface area contributed by atoms with Crippen LogP contribution in [0.25, 0.3) is 39.2 Å². The molecular weight excluding hydrogens is 428 g/mol.